The Morgan fingerprint density at radius 2 is 2.12 bits per heavy atom. The maximum atomic E-state index is 13.6. The number of carbonyl (C=O) groups excluding carboxylic acids is 1. The molecule has 3 aromatic rings. The lowest BCUT2D eigenvalue weighted by Crippen LogP contribution is -2.39. The average Bonchev–Trinajstić information content (AvgIpc) is 3.45. The molecule has 1 aliphatic heterocycles. The summed E-state index contributed by atoms with van der Waals surface area (Å²) in [4.78, 5) is 32.7. The fraction of sp³-hybridized carbons (Fsp3) is 0.240. The second-order valence-corrected chi connectivity index (χ2v) is 9.32. The van der Waals surface area contributed by atoms with Crippen molar-refractivity contribution in [2.75, 3.05) is 20.3 Å². The molecule has 7 nitrogen and oxygen atoms in total. The lowest BCUT2D eigenvalue weighted by molar-refractivity contribution is -0.139. The fourth-order valence-corrected chi connectivity index (χ4v) is 5.50. The van der Waals surface area contributed by atoms with Gasteiger partial charge in [0.1, 0.15) is 6.61 Å². The minimum Gasteiger partial charge on any atom is -0.493 e. The SMILES string of the molecule is C=CCOc1ccc(C2C(C(=O)OCC)=C(C)N=c3sc(=Cc4cccs4)c(=O)n32)cc1OC. The summed E-state index contributed by atoms with van der Waals surface area (Å²) in [6, 6.07) is 8.52. The maximum Gasteiger partial charge on any atom is 0.338 e. The molecular formula is C25H24N2O5S2. The van der Waals surface area contributed by atoms with Crippen LogP contribution in [0.15, 0.2) is 69.4 Å². The molecule has 0 aliphatic carbocycles. The Balaban J connectivity index is 1.93. The van der Waals surface area contributed by atoms with Crippen LogP contribution in [0.5, 0.6) is 11.5 Å². The number of rotatable bonds is 8. The fourth-order valence-electron chi connectivity index (χ4n) is 3.73. The van der Waals surface area contributed by atoms with Gasteiger partial charge in [-0.05, 0) is 49.1 Å². The van der Waals surface area contributed by atoms with Crippen LogP contribution < -0.4 is 24.4 Å². The molecule has 0 N–H and O–H groups in total. The molecule has 0 saturated carbocycles. The number of hydrogen-bond donors (Lipinski definition) is 0. The van der Waals surface area contributed by atoms with Crippen molar-refractivity contribution in [1.82, 2.24) is 4.57 Å². The largest absolute Gasteiger partial charge is 0.493 e. The van der Waals surface area contributed by atoms with E-state index in [1.807, 2.05) is 29.7 Å². The van der Waals surface area contributed by atoms with Gasteiger partial charge in [0.25, 0.3) is 5.56 Å². The molecule has 0 bridgehead atoms. The summed E-state index contributed by atoms with van der Waals surface area (Å²) in [6.45, 7) is 7.70. The number of thiazole rings is 1. The Hall–Kier alpha value is -3.43. The van der Waals surface area contributed by atoms with Crippen molar-refractivity contribution in [1.29, 1.82) is 0 Å². The van der Waals surface area contributed by atoms with Crippen LogP contribution in [0.4, 0.5) is 0 Å². The molecule has 34 heavy (non-hydrogen) atoms. The number of hydrogen-bond acceptors (Lipinski definition) is 8. The van der Waals surface area contributed by atoms with Crippen LogP contribution in [0.2, 0.25) is 0 Å². The topological polar surface area (TPSA) is 79.1 Å². The summed E-state index contributed by atoms with van der Waals surface area (Å²) in [5.41, 5.74) is 1.29. The number of carbonyl (C=O) groups is 1. The van der Waals surface area contributed by atoms with E-state index in [4.69, 9.17) is 14.2 Å². The Kier molecular flexibility index (Phi) is 7.14. The van der Waals surface area contributed by atoms with E-state index in [0.717, 1.165) is 4.88 Å². The number of aromatic nitrogens is 1. The first kappa shape index (κ1) is 23.7. The van der Waals surface area contributed by atoms with Crippen molar-refractivity contribution in [2.24, 2.45) is 4.99 Å². The summed E-state index contributed by atoms with van der Waals surface area (Å²) in [7, 11) is 1.54. The summed E-state index contributed by atoms with van der Waals surface area (Å²) >= 11 is 2.84. The smallest absolute Gasteiger partial charge is 0.338 e. The molecule has 1 aliphatic rings. The van der Waals surface area contributed by atoms with Crippen LogP contribution >= 0.6 is 22.7 Å². The first-order valence-corrected chi connectivity index (χ1v) is 12.3. The van der Waals surface area contributed by atoms with Crippen molar-refractivity contribution in [3.63, 3.8) is 0 Å². The van der Waals surface area contributed by atoms with E-state index < -0.39 is 12.0 Å². The molecule has 1 aromatic carbocycles. The van der Waals surface area contributed by atoms with Gasteiger partial charge in [-0.2, -0.15) is 0 Å². The van der Waals surface area contributed by atoms with Crippen molar-refractivity contribution < 1.29 is 19.0 Å². The highest BCUT2D eigenvalue weighted by Gasteiger charge is 2.33. The third-order valence-corrected chi connectivity index (χ3v) is 7.00. The van der Waals surface area contributed by atoms with Gasteiger partial charge in [-0.25, -0.2) is 9.79 Å². The molecular weight excluding hydrogens is 472 g/mol. The highest BCUT2D eigenvalue weighted by molar-refractivity contribution is 7.11. The monoisotopic (exact) mass is 496 g/mol. The van der Waals surface area contributed by atoms with E-state index in [0.29, 0.717) is 44.3 Å². The Morgan fingerprint density at radius 1 is 1.29 bits per heavy atom. The zero-order valence-electron chi connectivity index (χ0n) is 19.1. The molecule has 0 fully saturated rings. The van der Waals surface area contributed by atoms with E-state index in [1.54, 1.807) is 55.1 Å². The average molecular weight is 497 g/mol. The Labute approximate surface area is 204 Å². The molecule has 0 saturated heterocycles. The lowest BCUT2D eigenvalue weighted by Gasteiger charge is -2.25. The van der Waals surface area contributed by atoms with E-state index >= 15 is 0 Å². The third kappa shape index (κ3) is 4.49. The molecule has 3 heterocycles. The number of allylic oxidation sites excluding steroid dienone is 1. The lowest BCUT2D eigenvalue weighted by atomic mass is 9.95. The van der Waals surface area contributed by atoms with Gasteiger partial charge in [0.15, 0.2) is 16.3 Å². The predicted molar refractivity (Wildman–Crippen MR) is 133 cm³/mol. The van der Waals surface area contributed by atoms with Crippen molar-refractivity contribution >= 4 is 34.7 Å². The van der Waals surface area contributed by atoms with Crippen molar-refractivity contribution in [3.8, 4) is 11.5 Å². The summed E-state index contributed by atoms with van der Waals surface area (Å²) in [6.07, 6.45) is 3.49. The number of ether oxygens (including phenoxy) is 3. The number of nitrogens with zero attached hydrogens (tertiary/aromatic N) is 2. The standard InChI is InChI=1S/C25H24N2O5S2/c1-5-11-32-18-10-9-16(13-19(18)30-4)22-21(24(29)31-6-2)15(3)26-25-27(22)23(28)20(34-25)14-17-8-7-12-33-17/h5,7-10,12-14,22H,1,6,11H2,2-4H3. The number of esters is 1. The van der Waals surface area contributed by atoms with Gasteiger partial charge < -0.3 is 14.2 Å². The van der Waals surface area contributed by atoms with E-state index in [1.165, 1.54) is 11.3 Å². The highest BCUT2D eigenvalue weighted by atomic mass is 32.1. The molecule has 1 atom stereocenters. The molecule has 4 rings (SSSR count). The Morgan fingerprint density at radius 3 is 2.79 bits per heavy atom. The second-order valence-electron chi connectivity index (χ2n) is 7.33. The van der Waals surface area contributed by atoms with Crippen LogP contribution in [0, 0.1) is 0 Å². The van der Waals surface area contributed by atoms with Gasteiger partial charge in [0, 0.05) is 4.88 Å². The molecule has 9 heteroatoms. The molecule has 2 aromatic heterocycles. The first-order chi connectivity index (χ1) is 16.5. The van der Waals surface area contributed by atoms with Crippen LogP contribution in [0.3, 0.4) is 0 Å². The normalized spacial score (nSPS) is 15.5. The van der Waals surface area contributed by atoms with E-state index in [2.05, 4.69) is 11.6 Å². The number of fused-ring (bicyclic) bond motifs is 1. The molecule has 0 radical (unpaired) electrons. The first-order valence-electron chi connectivity index (χ1n) is 10.6. The summed E-state index contributed by atoms with van der Waals surface area (Å²) in [5, 5.41) is 1.96. The van der Waals surface area contributed by atoms with Gasteiger partial charge in [-0.15, -0.1) is 11.3 Å². The van der Waals surface area contributed by atoms with E-state index in [9.17, 15) is 9.59 Å². The summed E-state index contributed by atoms with van der Waals surface area (Å²) < 4.78 is 18.7. The molecule has 1 unspecified atom stereocenters. The van der Waals surface area contributed by atoms with Gasteiger partial charge >= 0.3 is 5.97 Å². The zero-order valence-corrected chi connectivity index (χ0v) is 20.7. The highest BCUT2D eigenvalue weighted by Crippen LogP contribution is 2.36. The van der Waals surface area contributed by atoms with Crippen molar-refractivity contribution in [3.05, 3.63) is 89.8 Å². The third-order valence-electron chi connectivity index (χ3n) is 5.19. The maximum absolute atomic E-state index is 13.6. The van der Waals surface area contributed by atoms with Crippen LogP contribution in [-0.4, -0.2) is 30.9 Å². The van der Waals surface area contributed by atoms with Gasteiger partial charge in [-0.1, -0.05) is 36.1 Å². The molecule has 0 spiro atoms. The van der Waals surface area contributed by atoms with Gasteiger partial charge in [0.2, 0.25) is 0 Å². The van der Waals surface area contributed by atoms with Gasteiger partial charge in [0.05, 0.1) is 35.6 Å². The van der Waals surface area contributed by atoms with Crippen molar-refractivity contribution in [2.45, 2.75) is 19.9 Å². The summed E-state index contributed by atoms with van der Waals surface area (Å²) in [5.74, 6) is 0.514. The van der Waals surface area contributed by atoms with Crippen LogP contribution in [-0.2, 0) is 9.53 Å². The second kappa shape index (κ2) is 10.2. The molecule has 176 valence electrons. The zero-order chi connectivity index (χ0) is 24.2. The molecule has 0 amide bonds. The van der Waals surface area contributed by atoms with E-state index in [-0.39, 0.29) is 12.2 Å². The van der Waals surface area contributed by atoms with Gasteiger partial charge in [-0.3, -0.25) is 9.36 Å². The predicted octanol–water partition coefficient (Wildman–Crippen LogP) is 3.43. The number of thiophene rings is 1. The minimum absolute atomic E-state index is 0.211. The number of benzene rings is 1. The van der Waals surface area contributed by atoms with Crippen LogP contribution in [0.1, 0.15) is 30.3 Å². The van der Waals surface area contributed by atoms with Crippen LogP contribution in [0.25, 0.3) is 6.08 Å². The Bertz CT molecular complexity index is 1430. The number of methoxy groups -OCH3 is 1. The quantitative estimate of drug-likeness (QED) is 0.353. The minimum atomic E-state index is -0.719.